The van der Waals surface area contributed by atoms with Crippen molar-refractivity contribution in [3.63, 3.8) is 0 Å². The van der Waals surface area contributed by atoms with Gasteiger partial charge in [0, 0.05) is 17.1 Å². The highest BCUT2D eigenvalue weighted by molar-refractivity contribution is 5.96. The van der Waals surface area contributed by atoms with Crippen LogP contribution in [0.2, 0.25) is 0 Å². The molecule has 0 saturated carbocycles. The van der Waals surface area contributed by atoms with Crippen molar-refractivity contribution in [1.82, 2.24) is 4.98 Å². The number of aryl methyl sites for hydroxylation is 1. The zero-order valence-corrected chi connectivity index (χ0v) is 10.7. The molecule has 4 heteroatoms. The molecule has 0 aliphatic rings. The zero-order valence-electron chi connectivity index (χ0n) is 10.7. The number of rotatable bonds is 3. The summed E-state index contributed by atoms with van der Waals surface area (Å²) in [5.41, 5.74) is 2.19. The molecule has 0 atom stereocenters. The maximum Gasteiger partial charge on any atom is 0.338 e. The molecule has 0 aliphatic heterocycles. The SMILES string of the molecule is CCOC(=O)c1ccc2nc(C)cc(OC)c2c1. The van der Waals surface area contributed by atoms with Crippen LogP contribution in [0.5, 0.6) is 5.75 Å². The molecule has 2 rings (SSSR count). The summed E-state index contributed by atoms with van der Waals surface area (Å²) < 4.78 is 10.3. The van der Waals surface area contributed by atoms with Gasteiger partial charge < -0.3 is 9.47 Å². The number of carbonyl (C=O) groups is 1. The molecular weight excluding hydrogens is 230 g/mol. The summed E-state index contributed by atoms with van der Waals surface area (Å²) in [5.74, 6) is 0.380. The Bertz CT molecular complexity index is 593. The highest BCUT2D eigenvalue weighted by Crippen LogP contribution is 2.26. The fraction of sp³-hybridized carbons (Fsp3) is 0.286. The molecule has 0 fully saturated rings. The lowest BCUT2D eigenvalue weighted by Gasteiger charge is -2.08. The smallest absolute Gasteiger partial charge is 0.338 e. The van der Waals surface area contributed by atoms with Crippen molar-refractivity contribution < 1.29 is 14.3 Å². The Morgan fingerprint density at radius 2 is 2.11 bits per heavy atom. The fourth-order valence-electron chi connectivity index (χ4n) is 1.83. The van der Waals surface area contributed by atoms with Gasteiger partial charge in [0.05, 0.1) is 24.8 Å². The van der Waals surface area contributed by atoms with E-state index in [0.29, 0.717) is 17.9 Å². The minimum absolute atomic E-state index is 0.331. The molecule has 0 spiro atoms. The number of methoxy groups -OCH3 is 1. The Morgan fingerprint density at radius 1 is 1.33 bits per heavy atom. The van der Waals surface area contributed by atoms with Crippen LogP contribution in [0.25, 0.3) is 10.9 Å². The standard InChI is InChI=1S/C14H15NO3/c1-4-18-14(16)10-5-6-12-11(8-10)13(17-3)7-9(2)15-12/h5-8H,4H2,1-3H3. The molecule has 1 aromatic carbocycles. The van der Waals surface area contributed by atoms with E-state index in [4.69, 9.17) is 9.47 Å². The number of esters is 1. The number of nitrogens with zero attached hydrogens (tertiary/aromatic N) is 1. The van der Waals surface area contributed by atoms with Crippen molar-refractivity contribution in [2.75, 3.05) is 13.7 Å². The Balaban J connectivity index is 2.56. The van der Waals surface area contributed by atoms with Gasteiger partial charge in [0.2, 0.25) is 0 Å². The highest BCUT2D eigenvalue weighted by atomic mass is 16.5. The van der Waals surface area contributed by atoms with Gasteiger partial charge >= 0.3 is 5.97 Å². The molecule has 18 heavy (non-hydrogen) atoms. The second-order valence-corrected chi connectivity index (χ2v) is 3.92. The second kappa shape index (κ2) is 5.04. The molecule has 0 unspecified atom stereocenters. The number of pyridine rings is 1. The van der Waals surface area contributed by atoms with Gasteiger partial charge in [0.25, 0.3) is 0 Å². The minimum atomic E-state index is -0.331. The number of carbonyl (C=O) groups excluding carboxylic acids is 1. The number of hydrogen-bond donors (Lipinski definition) is 0. The monoisotopic (exact) mass is 245 g/mol. The van der Waals surface area contributed by atoms with Crippen LogP contribution < -0.4 is 4.74 Å². The Hall–Kier alpha value is -2.10. The van der Waals surface area contributed by atoms with Gasteiger partial charge in [-0.05, 0) is 32.0 Å². The third-order valence-electron chi connectivity index (χ3n) is 2.63. The molecule has 0 bridgehead atoms. The first-order chi connectivity index (χ1) is 8.65. The molecule has 1 aromatic heterocycles. The van der Waals surface area contributed by atoms with Crippen molar-refractivity contribution in [2.24, 2.45) is 0 Å². The summed E-state index contributed by atoms with van der Waals surface area (Å²) in [6, 6.07) is 7.11. The molecule has 0 aliphatic carbocycles. The molecule has 4 nitrogen and oxygen atoms in total. The van der Waals surface area contributed by atoms with E-state index in [2.05, 4.69) is 4.98 Å². The van der Waals surface area contributed by atoms with E-state index < -0.39 is 0 Å². The quantitative estimate of drug-likeness (QED) is 0.780. The first kappa shape index (κ1) is 12.4. The van der Waals surface area contributed by atoms with E-state index in [1.54, 1.807) is 32.2 Å². The molecular formula is C14H15NO3. The highest BCUT2D eigenvalue weighted by Gasteiger charge is 2.10. The van der Waals surface area contributed by atoms with Crippen molar-refractivity contribution in [3.8, 4) is 5.75 Å². The maximum atomic E-state index is 11.7. The van der Waals surface area contributed by atoms with E-state index >= 15 is 0 Å². The van der Waals surface area contributed by atoms with Crippen molar-refractivity contribution >= 4 is 16.9 Å². The maximum absolute atomic E-state index is 11.7. The summed E-state index contributed by atoms with van der Waals surface area (Å²) in [6.45, 7) is 4.05. The third kappa shape index (κ3) is 2.27. The largest absolute Gasteiger partial charge is 0.496 e. The molecule has 1 heterocycles. The number of ether oxygens (including phenoxy) is 2. The fourth-order valence-corrected chi connectivity index (χ4v) is 1.83. The van der Waals surface area contributed by atoms with Gasteiger partial charge in [0.15, 0.2) is 0 Å². The average molecular weight is 245 g/mol. The summed E-state index contributed by atoms with van der Waals surface area (Å²) >= 11 is 0. The number of benzene rings is 1. The second-order valence-electron chi connectivity index (χ2n) is 3.92. The van der Waals surface area contributed by atoms with Crippen LogP contribution in [-0.2, 0) is 4.74 Å². The van der Waals surface area contributed by atoms with E-state index in [-0.39, 0.29) is 5.97 Å². The molecule has 0 radical (unpaired) electrons. The van der Waals surface area contributed by atoms with E-state index in [0.717, 1.165) is 16.6 Å². The molecule has 0 saturated heterocycles. The van der Waals surface area contributed by atoms with Crippen LogP contribution >= 0.6 is 0 Å². The summed E-state index contributed by atoms with van der Waals surface area (Å²) in [7, 11) is 1.60. The topological polar surface area (TPSA) is 48.4 Å². The van der Waals surface area contributed by atoms with Gasteiger partial charge in [-0.3, -0.25) is 4.98 Å². The van der Waals surface area contributed by atoms with Crippen LogP contribution in [0.1, 0.15) is 23.0 Å². The van der Waals surface area contributed by atoms with Crippen LogP contribution in [0.3, 0.4) is 0 Å². The van der Waals surface area contributed by atoms with E-state index in [9.17, 15) is 4.79 Å². The molecule has 0 amide bonds. The number of fused-ring (bicyclic) bond motifs is 1. The number of hydrogen-bond acceptors (Lipinski definition) is 4. The molecule has 94 valence electrons. The lowest BCUT2D eigenvalue weighted by Crippen LogP contribution is -2.04. The van der Waals surface area contributed by atoms with Gasteiger partial charge in [-0.25, -0.2) is 4.79 Å². The Labute approximate surface area is 106 Å². The molecule has 2 aromatic rings. The van der Waals surface area contributed by atoms with Gasteiger partial charge in [-0.2, -0.15) is 0 Å². The first-order valence-corrected chi connectivity index (χ1v) is 5.78. The Morgan fingerprint density at radius 3 is 2.78 bits per heavy atom. The van der Waals surface area contributed by atoms with Gasteiger partial charge in [0.1, 0.15) is 5.75 Å². The van der Waals surface area contributed by atoms with Crippen LogP contribution in [0, 0.1) is 6.92 Å². The predicted molar refractivity (Wildman–Crippen MR) is 69.0 cm³/mol. The zero-order chi connectivity index (χ0) is 13.1. The first-order valence-electron chi connectivity index (χ1n) is 5.78. The van der Waals surface area contributed by atoms with E-state index in [1.807, 2.05) is 13.0 Å². The van der Waals surface area contributed by atoms with Crippen LogP contribution in [-0.4, -0.2) is 24.7 Å². The summed E-state index contributed by atoms with van der Waals surface area (Å²) in [5, 5.41) is 0.814. The lowest BCUT2D eigenvalue weighted by atomic mass is 10.1. The van der Waals surface area contributed by atoms with Crippen LogP contribution in [0.4, 0.5) is 0 Å². The number of aromatic nitrogens is 1. The van der Waals surface area contributed by atoms with Crippen molar-refractivity contribution in [2.45, 2.75) is 13.8 Å². The van der Waals surface area contributed by atoms with Gasteiger partial charge in [-0.1, -0.05) is 0 Å². The normalized spacial score (nSPS) is 10.4. The summed E-state index contributed by atoms with van der Waals surface area (Å²) in [6.07, 6.45) is 0. The molecule has 0 N–H and O–H groups in total. The Kier molecular flexibility index (Phi) is 3.46. The predicted octanol–water partition coefficient (Wildman–Crippen LogP) is 2.73. The van der Waals surface area contributed by atoms with Crippen molar-refractivity contribution in [1.29, 1.82) is 0 Å². The lowest BCUT2D eigenvalue weighted by molar-refractivity contribution is 0.0526. The van der Waals surface area contributed by atoms with Gasteiger partial charge in [-0.15, -0.1) is 0 Å². The summed E-state index contributed by atoms with van der Waals surface area (Å²) in [4.78, 5) is 16.1. The van der Waals surface area contributed by atoms with E-state index in [1.165, 1.54) is 0 Å². The minimum Gasteiger partial charge on any atom is -0.496 e. The third-order valence-corrected chi connectivity index (χ3v) is 2.63. The van der Waals surface area contributed by atoms with Crippen LogP contribution in [0.15, 0.2) is 24.3 Å². The average Bonchev–Trinajstić information content (AvgIpc) is 2.37. The van der Waals surface area contributed by atoms with Crippen molar-refractivity contribution in [3.05, 3.63) is 35.5 Å².